The fourth-order valence-electron chi connectivity index (χ4n) is 5.80. The van der Waals surface area contributed by atoms with Gasteiger partial charge in [-0.05, 0) is 84.5 Å². The van der Waals surface area contributed by atoms with Gasteiger partial charge in [0.1, 0.15) is 5.75 Å². The first-order valence-electron chi connectivity index (χ1n) is 12.6. The number of piperidine rings is 1. The summed E-state index contributed by atoms with van der Waals surface area (Å²) in [6, 6.07) is 7.18. The zero-order chi connectivity index (χ0) is 21.9. The molecule has 7 heteroatoms. The van der Waals surface area contributed by atoms with Crippen LogP contribution in [0.2, 0.25) is 0 Å². The van der Waals surface area contributed by atoms with E-state index in [4.69, 9.17) is 9.72 Å². The normalized spacial score (nSPS) is 23.0. The molecular weight excluding hydrogens is 400 g/mol. The summed E-state index contributed by atoms with van der Waals surface area (Å²) in [5.41, 5.74) is 2.23. The number of rotatable bonds is 8. The summed E-state index contributed by atoms with van der Waals surface area (Å²) in [5.74, 6) is 2.54. The molecule has 0 radical (unpaired) electrons. The number of anilines is 1. The van der Waals surface area contributed by atoms with Gasteiger partial charge < -0.3 is 29.3 Å². The minimum Gasteiger partial charge on any atom is -0.493 e. The standard InChI is InChI=1S/C25H40N6O/c1-28(2)18-20-17-26-25-27-23-7-6-22(16-24(23)31(25)19-20)32-15-5-10-29-13-8-21(9-14-29)30-11-3-4-12-30/h6-7,16,20-21H,3-5,8-15,17-19H2,1-2H3,(H,26,27). The van der Waals surface area contributed by atoms with E-state index in [1.165, 1.54) is 57.4 Å². The van der Waals surface area contributed by atoms with E-state index in [9.17, 15) is 0 Å². The van der Waals surface area contributed by atoms with Crippen molar-refractivity contribution in [3.8, 4) is 5.75 Å². The maximum Gasteiger partial charge on any atom is 0.203 e. The maximum atomic E-state index is 6.15. The van der Waals surface area contributed by atoms with Crippen LogP contribution in [0.3, 0.4) is 0 Å². The SMILES string of the molecule is CN(C)CC1CNc2nc3ccc(OCCCN4CCC(N5CCCC5)CC4)cc3n2C1. The quantitative estimate of drug-likeness (QED) is 0.637. The molecule has 0 saturated carbocycles. The molecule has 2 fully saturated rings. The molecular formula is C25H40N6O. The van der Waals surface area contributed by atoms with Crippen molar-refractivity contribution in [3.05, 3.63) is 18.2 Å². The van der Waals surface area contributed by atoms with Gasteiger partial charge in [-0.1, -0.05) is 0 Å². The van der Waals surface area contributed by atoms with Crippen LogP contribution in [0.25, 0.3) is 11.0 Å². The first-order chi connectivity index (χ1) is 15.7. The van der Waals surface area contributed by atoms with E-state index in [1.807, 2.05) is 0 Å². The second-order valence-electron chi connectivity index (χ2n) is 10.2. The highest BCUT2D eigenvalue weighted by molar-refractivity contribution is 5.80. The minimum atomic E-state index is 0.592. The number of nitrogens with one attached hydrogen (secondary N) is 1. The molecule has 0 aliphatic carbocycles. The predicted octanol–water partition coefficient (Wildman–Crippen LogP) is 2.97. The molecule has 176 valence electrons. The molecule has 1 aromatic heterocycles. The Morgan fingerprint density at radius 3 is 2.72 bits per heavy atom. The third-order valence-electron chi connectivity index (χ3n) is 7.43. The van der Waals surface area contributed by atoms with Crippen LogP contribution >= 0.6 is 0 Å². The molecule has 2 aromatic rings. The van der Waals surface area contributed by atoms with E-state index in [0.717, 1.165) is 62.5 Å². The number of fused-ring (bicyclic) bond motifs is 3. The number of nitrogens with zero attached hydrogens (tertiary/aromatic N) is 5. The van der Waals surface area contributed by atoms with Gasteiger partial charge in [-0.2, -0.15) is 0 Å². The second-order valence-corrected chi connectivity index (χ2v) is 10.2. The van der Waals surface area contributed by atoms with Gasteiger partial charge in [0.15, 0.2) is 0 Å². The van der Waals surface area contributed by atoms with E-state index in [-0.39, 0.29) is 0 Å². The molecule has 1 aromatic carbocycles. The number of ether oxygens (including phenoxy) is 1. The van der Waals surface area contributed by atoms with Crippen molar-refractivity contribution in [2.75, 3.05) is 71.8 Å². The molecule has 2 saturated heterocycles. The Hall–Kier alpha value is -1.83. The molecule has 1 atom stereocenters. The molecule has 7 nitrogen and oxygen atoms in total. The number of likely N-dealkylation sites (tertiary alicyclic amines) is 2. The molecule has 0 spiro atoms. The first-order valence-corrected chi connectivity index (χ1v) is 12.6. The highest BCUT2D eigenvalue weighted by Crippen LogP contribution is 2.28. The molecule has 4 heterocycles. The van der Waals surface area contributed by atoms with Crippen LogP contribution in [0.4, 0.5) is 5.95 Å². The topological polar surface area (TPSA) is 48.8 Å². The van der Waals surface area contributed by atoms with Gasteiger partial charge in [-0.25, -0.2) is 4.98 Å². The molecule has 5 rings (SSSR count). The molecule has 0 bridgehead atoms. The van der Waals surface area contributed by atoms with E-state index in [1.54, 1.807) is 0 Å². The van der Waals surface area contributed by atoms with Crippen LogP contribution in [-0.2, 0) is 6.54 Å². The van der Waals surface area contributed by atoms with Crippen molar-refractivity contribution < 1.29 is 4.74 Å². The van der Waals surface area contributed by atoms with E-state index in [0.29, 0.717) is 5.92 Å². The fraction of sp³-hybridized carbons (Fsp3) is 0.720. The molecule has 3 aliphatic rings. The maximum absolute atomic E-state index is 6.15. The van der Waals surface area contributed by atoms with E-state index in [2.05, 4.69) is 56.9 Å². The monoisotopic (exact) mass is 440 g/mol. The average molecular weight is 441 g/mol. The lowest BCUT2D eigenvalue weighted by molar-refractivity contribution is 0.122. The van der Waals surface area contributed by atoms with Gasteiger partial charge in [-0.3, -0.25) is 0 Å². The van der Waals surface area contributed by atoms with E-state index >= 15 is 0 Å². The van der Waals surface area contributed by atoms with Crippen LogP contribution in [0.5, 0.6) is 5.75 Å². The summed E-state index contributed by atoms with van der Waals surface area (Å²) in [6.07, 6.45) is 6.57. The Labute approximate surface area is 192 Å². The zero-order valence-corrected chi connectivity index (χ0v) is 19.9. The number of aromatic nitrogens is 2. The van der Waals surface area contributed by atoms with Gasteiger partial charge >= 0.3 is 0 Å². The highest BCUT2D eigenvalue weighted by atomic mass is 16.5. The van der Waals surface area contributed by atoms with Gasteiger partial charge in [0.05, 0.1) is 17.6 Å². The molecule has 1 N–H and O–H groups in total. The van der Waals surface area contributed by atoms with Crippen LogP contribution in [0, 0.1) is 5.92 Å². The minimum absolute atomic E-state index is 0.592. The Balaban J connectivity index is 1.10. The number of benzene rings is 1. The fourth-order valence-corrected chi connectivity index (χ4v) is 5.80. The summed E-state index contributed by atoms with van der Waals surface area (Å²) < 4.78 is 8.48. The predicted molar refractivity (Wildman–Crippen MR) is 131 cm³/mol. The van der Waals surface area contributed by atoms with Crippen molar-refractivity contribution in [2.24, 2.45) is 5.92 Å². The summed E-state index contributed by atoms with van der Waals surface area (Å²) >= 11 is 0. The lowest BCUT2D eigenvalue weighted by Crippen LogP contribution is -2.44. The first kappa shape index (κ1) is 22.0. The van der Waals surface area contributed by atoms with Crippen molar-refractivity contribution in [3.63, 3.8) is 0 Å². The third-order valence-corrected chi connectivity index (χ3v) is 7.43. The summed E-state index contributed by atoms with van der Waals surface area (Å²) in [4.78, 5) is 12.4. The summed E-state index contributed by atoms with van der Waals surface area (Å²) in [7, 11) is 4.28. The second kappa shape index (κ2) is 9.98. The van der Waals surface area contributed by atoms with Crippen LogP contribution in [0.15, 0.2) is 18.2 Å². The molecule has 1 unspecified atom stereocenters. The van der Waals surface area contributed by atoms with E-state index < -0.39 is 0 Å². The number of hydrogen-bond acceptors (Lipinski definition) is 6. The molecule has 0 amide bonds. The Morgan fingerprint density at radius 1 is 1.12 bits per heavy atom. The van der Waals surface area contributed by atoms with Gasteiger partial charge in [0.2, 0.25) is 5.95 Å². The third kappa shape index (κ3) is 5.05. The molecule has 32 heavy (non-hydrogen) atoms. The number of imidazole rings is 1. The van der Waals surface area contributed by atoms with Crippen LogP contribution < -0.4 is 10.1 Å². The van der Waals surface area contributed by atoms with Crippen molar-refractivity contribution in [1.82, 2.24) is 24.3 Å². The largest absolute Gasteiger partial charge is 0.493 e. The van der Waals surface area contributed by atoms with Gasteiger partial charge in [-0.15, -0.1) is 0 Å². The summed E-state index contributed by atoms with van der Waals surface area (Å²) in [6.45, 7) is 10.1. The Bertz CT molecular complexity index is 882. The average Bonchev–Trinajstić information content (AvgIpc) is 3.45. The lowest BCUT2D eigenvalue weighted by Gasteiger charge is -2.36. The smallest absolute Gasteiger partial charge is 0.203 e. The Morgan fingerprint density at radius 2 is 1.94 bits per heavy atom. The molecule has 3 aliphatic heterocycles. The zero-order valence-electron chi connectivity index (χ0n) is 19.9. The van der Waals surface area contributed by atoms with Crippen molar-refractivity contribution in [1.29, 1.82) is 0 Å². The summed E-state index contributed by atoms with van der Waals surface area (Å²) in [5, 5.41) is 3.51. The highest BCUT2D eigenvalue weighted by Gasteiger charge is 2.26. The van der Waals surface area contributed by atoms with Crippen molar-refractivity contribution in [2.45, 2.75) is 44.7 Å². The number of hydrogen-bond donors (Lipinski definition) is 1. The van der Waals surface area contributed by atoms with Gasteiger partial charge in [0, 0.05) is 44.2 Å². The van der Waals surface area contributed by atoms with Crippen molar-refractivity contribution >= 4 is 17.0 Å². The van der Waals surface area contributed by atoms with Crippen LogP contribution in [-0.4, -0.2) is 96.8 Å². The lowest BCUT2D eigenvalue weighted by atomic mass is 10.0. The van der Waals surface area contributed by atoms with Gasteiger partial charge in [0.25, 0.3) is 0 Å². The van der Waals surface area contributed by atoms with Crippen LogP contribution in [0.1, 0.15) is 32.1 Å². The Kier molecular flexibility index (Phi) is 6.85.